The van der Waals surface area contributed by atoms with E-state index in [0.717, 1.165) is 5.69 Å². The molecule has 0 aliphatic carbocycles. The van der Waals surface area contributed by atoms with Crippen LogP contribution < -0.4 is 4.72 Å². The average molecular weight is 449 g/mol. The van der Waals surface area contributed by atoms with Crippen molar-refractivity contribution in [2.75, 3.05) is 31.0 Å². The summed E-state index contributed by atoms with van der Waals surface area (Å²) in [7, 11) is -7.68. The van der Waals surface area contributed by atoms with E-state index in [1.807, 2.05) is 18.2 Å². The zero-order chi connectivity index (χ0) is 21.2. The van der Waals surface area contributed by atoms with E-state index in [1.54, 1.807) is 12.1 Å². The second-order valence-electron chi connectivity index (χ2n) is 6.61. The number of nitrogens with one attached hydrogen (secondary N) is 1. The van der Waals surface area contributed by atoms with Gasteiger partial charge in [-0.2, -0.15) is 9.40 Å². The Morgan fingerprint density at radius 2 is 1.63 bits per heavy atom. The summed E-state index contributed by atoms with van der Waals surface area (Å²) in [5.74, 6) is 0. The average Bonchev–Trinajstić information content (AvgIpc) is 3.26. The van der Waals surface area contributed by atoms with Crippen molar-refractivity contribution in [2.45, 2.75) is 9.79 Å². The van der Waals surface area contributed by atoms with Gasteiger partial charge in [-0.05, 0) is 30.3 Å². The molecule has 11 heteroatoms. The molecule has 2 aromatic carbocycles. The molecule has 0 spiro atoms. The molecule has 0 atom stereocenters. The fraction of sp³-hybridized carbons (Fsp3) is 0.211. The SMILES string of the molecule is O=S(=O)(Nc1cccc(S(=O)(=O)N2CCOCC2)c1)c1cnn(-c2ccccc2)c1. The minimum atomic E-state index is -3.95. The molecule has 0 saturated carbocycles. The Morgan fingerprint density at radius 3 is 2.37 bits per heavy atom. The van der Waals surface area contributed by atoms with E-state index in [9.17, 15) is 16.8 Å². The van der Waals surface area contributed by atoms with Gasteiger partial charge < -0.3 is 4.74 Å². The predicted octanol–water partition coefficient (Wildman–Crippen LogP) is 1.69. The first kappa shape index (κ1) is 20.5. The summed E-state index contributed by atoms with van der Waals surface area (Å²) in [5.41, 5.74) is 0.870. The number of nitrogens with zero attached hydrogens (tertiary/aromatic N) is 3. The lowest BCUT2D eigenvalue weighted by atomic mass is 10.3. The number of sulfonamides is 2. The molecule has 0 radical (unpaired) electrons. The molecule has 4 rings (SSSR count). The van der Waals surface area contributed by atoms with Gasteiger partial charge in [0.05, 0.1) is 41.9 Å². The lowest BCUT2D eigenvalue weighted by Crippen LogP contribution is -2.40. The highest BCUT2D eigenvalue weighted by molar-refractivity contribution is 7.92. The summed E-state index contributed by atoms with van der Waals surface area (Å²) in [5, 5.41) is 4.10. The Morgan fingerprint density at radius 1 is 0.900 bits per heavy atom. The van der Waals surface area contributed by atoms with Crippen molar-refractivity contribution in [3.05, 3.63) is 67.0 Å². The molecule has 9 nitrogen and oxygen atoms in total. The van der Waals surface area contributed by atoms with Crippen LogP contribution in [0.2, 0.25) is 0 Å². The van der Waals surface area contributed by atoms with Crippen LogP contribution in [0.5, 0.6) is 0 Å². The van der Waals surface area contributed by atoms with Crippen LogP contribution in [0.3, 0.4) is 0 Å². The van der Waals surface area contributed by atoms with Gasteiger partial charge in [0.2, 0.25) is 10.0 Å². The molecular weight excluding hydrogens is 428 g/mol. The Bertz CT molecular complexity index is 1230. The number of benzene rings is 2. The van der Waals surface area contributed by atoms with Crippen molar-refractivity contribution in [3.63, 3.8) is 0 Å². The summed E-state index contributed by atoms with van der Waals surface area (Å²) in [4.78, 5) is -0.0163. The Balaban J connectivity index is 1.57. The van der Waals surface area contributed by atoms with Crippen LogP contribution in [-0.4, -0.2) is 57.2 Å². The number of hydrogen-bond donors (Lipinski definition) is 1. The molecule has 158 valence electrons. The highest BCUT2D eigenvalue weighted by Crippen LogP contribution is 2.23. The van der Waals surface area contributed by atoms with Gasteiger partial charge in [0.1, 0.15) is 4.90 Å². The van der Waals surface area contributed by atoms with Gasteiger partial charge in [0, 0.05) is 13.1 Å². The van der Waals surface area contributed by atoms with Crippen LogP contribution in [-0.2, 0) is 24.8 Å². The monoisotopic (exact) mass is 448 g/mol. The maximum atomic E-state index is 12.8. The van der Waals surface area contributed by atoms with Crippen molar-refractivity contribution >= 4 is 25.7 Å². The number of aromatic nitrogens is 2. The zero-order valence-electron chi connectivity index (χ0n) is 15.9. The molecule has 1 saturated heterocycles. The van der Waals surface area contributed by atoms with Gasteiger partial charge in [0.25, 0.3) is 10.0 Å². The molecule has 0 amide bonds. The molecule has 0 unspecified atom stereocenters. The third-order valence-electron chi connectivity index (χ3n) is 4.58. The molecule has 3 aromatic rings. The van der Waals surface area contributed by atoms with E-state index in [4.69, 9.17) is 4.74 Å². The fourth-order valence-corrected chi connectivity index (χ4v) is 5.47. The minimum absolute atomic E-state index is 0.0181. The van der Waals surface area contributed by atoms with E-state index in [2.05, 4.69) is 9.82 Å². The lowest BCUT2D eigenvalue weighted by molar-refractivity contribution is 0.0730. The van der Waals surface area contributed by atoms with E-state index in [-0.39, 0.29) is 28.6 Å². The molecule has 1 aliphatic rings. The molecule has 30 heavy (non-hydrogen) atoms. The highest BCUT2D eigenvalue weighted by Gasteiger charge is 2.27. The fourth-order valence-electron chi connectivity index (χ4n) is 3.04. The van der Waals surface area contributed by atoms with Crippen molar-refractivity contribution in [2.24, 2.45) is 0 Å². The molecule has 1 aromatic heterocycles. The van der Waals surface area contributed by atoms with Crippen LogP contribution in [0.25, 0.3) is 5.69 Å². The first-order valence-corrected chi connectivity index (χ1v) is 12.1. The van der Waals surface area contributed by atoms with Gasteiger partial charge in [-0.1, -0.05) is 24.3 Å². The van der Waals surface area contributed by atoms with E-state index in [1.165, 1.54) is 45.6 Å². The number of anilines is 1. The predicted molar refractivity (Wildman–Crippen MR) is 110 cm³/mol. The van der Waals surface area contributed by atoms with Gasteiger partial charge >= 0.3 is 0 Å². The Labute approximate surface area is 175 Å². The van der Waals surface area contributed by atoms with Crippen molar-refractivity contribution in [1.82, 2.24) is 14.1 Å². The minimum Gasteiger partial charge on any atom is -0.379 e. The number of ether oxygens (including phenoxy) is 1. The Kier molecular flexibility index (Phi) is 5.60. The first-order valence-electron chi connectivity index (χ1n) is 9.17. The van der Waals surface area contributed by atoms with Crippen LogP contribution in [0, 0.1) is 0 Å². The highest BCUT2D eigenvalue weighted by atomic mass is 32.2. The maximum Gasteiger partial charge on any atom is 0.265 e. The lowest BCUT2D eigenvalue weighted by Gasteiger charge is -2.26. The number of para-hydroxylation sites is 1. The summed E-state index contributed by atoms with van der Waals surface area (Å²) in [6, 6.07) is 14.8. The van der Waals surface area contributed by atoms with Gasteiger partial charge in [0.15, 0.2) is 0 Å². The smallest absolute Gasteiger partial charge is 0.265 e. The maximum absolute atomic E-state index is 12.8. The van der Waals surface area contributed by atoms with Crippen LogP contribution in [0.1, 0.15) is 0 Å². The van der Waals surface area contributed by atoms with Crippen molar-refractivity contribution in [1.29, 1.82) is 0 Å². The van der Waals surface area contributed by atoms with Gasteiger partial charge in [-0.15, -0.1) is 0 Å². The number of morpholine rings is 1. The molecule has 1 N–H and O–H groups in total. The Hall–Kier alpha value is -2.73. The molecule has 0 bridgehead atoms. The first-order chi connectivity index (χ1) is 14.4. The van der Waals surface area contributed by atoms with E-state index >= 15 is 0 Å². The third kappa shape index (κ3) is 4.24. The van der Waals surface area contributed by atoms with Crippen molar-refractivity contribution in [3.8, 4) is 5.69 Å². The summed E-state index contributed by atoms with van der Waals surface area (Å²) in [6.07, 6.45) is 2.63. The summed E-state index contributed by atoms with van der Waals surface area (Å²) < 4.78 is 61.6. The standard InChI is InChI=1S/C19H20N4O5S2/c24-29(25,19-14-20-23(15-19)17-6-2-1-3-7-17)21-16-5-4-8-18(13-16)30(26,27)22-9-11-28-12-10-22/h1-8,13-15,21H,9-12H2. The normalized spacial score (nSPS) is 15.7. The van der Waals surface area contributed by atoms with E-state index < -0.39 is 20.0 Å². The number of rotatable bonds is 6. The second-order valence-corrected chi connectivity index (χ2v) is 10.2. The van der Waals surface area contributed by atoms with Crippen molar-refractivity contribution < 1.29 is 21.6 Å². The van der Waals surface area contributed by atoms with Crippen LogP contribution >= 0.6 is 0 Å². The zero-order valence-corrected chi connectivity index (χ0v) is 17.5. The molecule has 2 heterocycles. The summed E-state index contributed by atoms with van der Waals surface area (Å²) >= 11 is 0. The van der Waals surface area contributed by atoms with Crippen LogP contribution in [0.15, 0.2) is 76.8 Å². The number of hydrogen-bond acceptors (Lipinski definition) is 6. The third-order valence-corrected chi connectivity index (χ3v) is 7.81. The largest absolute Gasteiger partial charge is 0.379 e. The second kappa shape index (κ2) is 8.19. The molecular formula is C19H20N4O5S2. The topological polar surface area (TPSA) is 111 Å². The van der Waals surface area contributed by atoms with E-state index in [0.29, 0.717) is 13.2 Å². The molecule has 1 aliphatic heterocycles. The van der Waals surface area contributed by atoms with Gasteiger partial charge in [-0.25, -0.2) is 21.5 Å². The summed E-state index contributed by atoms with van der Waals surface area (Å²) in [6.45, 7) is 1.18. The van der Waals surface area contributed by atoms with Gasteiger partial charge in [-0.3, -0.25) is 4.72 Å². The van der Waals surface area contributed by atoms with Crippen LogP contribution in [0.4, 0.5) is 5.69 Å². The molecule has 1 fully saturated rings. The quantitative estimate of drug-likeness (QED) is 0.614.